The van der Waals surface area contributed by atoms with Gasteiger partial charge in [0.1, 0.15) is 17.6 Å². The normalized spacial score (nSPS) is 21.9. The highest BCUT2D eigenvalue weighted by Crippen LogP contribution is 2.15. The number of rotatable bonds is 3. The van der Waals surface area contributed by atoms with Gasteiger partial charge >= 0.3 is 5.97 Å². The van der Waals surface area contributed by atoms with Crippen molar-refractivity contribution in [2.24, 2.45) is 0 Å². The van der Waals surface area contributed by atoms with Crippen LogP contribution in [0.5, 0.6) is 0 Å². The van der Waals surface area contributed by atoms with Crippen LogP contribution in [-0.2, 0) is 4.79 Å². The molecule has 1 aromatic heterocycles. The average Bonchev–Trinajstić information content (AvgIpc) is 3.09. The quantitative estimate of drug-likeness (QED) is 0.782. The van der Waals surface area contributed by atoms with Crippen LogP contribution in [0.3, 0.4) is 0 Å². The fraction of sp³-hybridized carbons (Fsp3) is 0.571. The second-order valence-electron chi connectivity index (χ2n) is 5.55. The fourth-order valence-electron chi connectivity index (χ4n) is 2.82. The van der Waals surface area contributed by atoms with E-state index < -0.39 is 12.0 Å². The summed E-state index contributed by atoms with van der Waals surface area (Å²) in [5, 5.41) is 12.0. The molecule has 2 aliphatic rings. The van der Waals surface area contributed by atoms with Crippen LogP contribution in [0.2, 0.25) is 0 Å². The van der Waals surface area contributed by atoms with Gasteiger partial charge in [0.15, 0.2) is 0 Å². The van der Waals surface area contributed by atoms with Crippen molar-refractivity contribution in [1.29, 1.82) is 0 Å². The summed E-state index contributed by atoms with van der Waals surface area (Å²) >= 11 is 0. The number of aliphatic carboxylic acids is 1. The van der Waals surface area contributed by atoms with Gasteiger partial charge in [0.2, 0.25) is 0 Å². The second-order valence-corrected chi connectivity index (χ2v) is 5.55. The zero-order valence-corrected chi connectivity index (χ0v) is 12.2. The van der Waals surface area contributed by atoms with Gasteiger partial charge in [-0.2, -0.15) is 0 Å². The van der Waals surface area contributed by atoms with Crippen LogP contribution in [0.15, 0.2) is 12.4 Å². The number of carbonyl (C=O) groups is 2. The van der Waals surface area contributed by atoms with Crippen LogP contribution in [-0.4, -0.2) is 70.6 Å². The molecule has 2 saturated heterocycles. The minimum Gasteiger partial charge on any atom is -0.480 e. The van der Waals surface area contributed by atoms with E-state index >= 15 is 0 Å². The summed E-state index contributed by atoms with van der Waals surface area (Å²) in [6, 6.07) is -0.631. The highest BCUT2D eigenvalue weighted by atomic mass is 16.4. The molecule has 2 aliphatic heterocycles. The standard InChI is InChI=1S/C14H19N5O3/c20-13(18-4-1-2-5-18)10-7-15-8-12(17-10)19-6-3-16-11(9-19)14(21)22/h7-8,11,16H,1-6,9H2,(H,21,22)/t11-/m0/s1. The molecule has 1 atom stereocenters. The SMILES string of the molecule is O=C(O)[C@@H]1CN(c2cncc(C(=O)N3CCCC3)n2)CCN1. The van der Waals surface area contributed by atoms with E-state index in [0.29, 0.717) is 31.1 Å². The summed E-state index contributed by atoms with van der Waals surface area (Å²) in [6.07, 6.45) is 5.10. The Balaban J connectivity index is 1.75. The smallest absolute Gasteiger partial charge is 0.322 e. The summed E-state index contributed by atoms with van der Waals surface area (Å²) in [5.74, 6) is -0.434. The number of hydrogen-bond acceptors (Lipinski definition) is 6. The predicted octanol–water partition coefficient (Wildman–Crippen LogP) is -0.425. The van der Waals surface area contributed by atoms with Crippen molar-refractivity contribution in [3.8, 4) is 0 Å². The lowest BCUT2D eigenvalue weighted by atomic mass is 10.2. The van der Waals surface area contributed by atoms with E-state index in [-0.39, 0.29) is 5.91 Å². The Morgan fingerprint density at radius 1 is 1.23 bits per heavy atom. The minimum absolute atomic E-state index is 0.100. The molecule has 118 valence electrons. The van der Waals surface area contributed by atoms with Crippen molar-refractivity contribution in [1.82, 2.24) is 20.2 Å². The molecule has 22 heavy (non-hydrogen) atoms. The van der Waals surface area contributed by atoms with E-state index in [1.54, 1.807) is 11.1 Å². The lowest BCUT2D eigenvalue weighted by molar-refractivity contribution is -0.139. The van der Waals surface area contributed by atoms with Crippen LogP contribution < -0.4 is 10.2 Å². The van der Waals surface area contributed by atoms with E-state index in [0.717, 1.165) is 25.9 Å². The number of likely N-dealkylation sites (tertiary alicyclic amines) is 1. The van der Waals surface area contributed by atoms with Gasteiger partial charge in [0, 0.05) is 32.7 Å². The fourth-order valence-corrected chi connectivity index (χ4v) is 2.82. The second kappa shape index (κ2) is 6.27. The molecular weight excluding hydrogens is 286 g/mol. The van der Waals surface area contributed by atoms with Crippen LogP contribution >= 0.6 is 0 Å². The van der Waals surface area contributed by atoms with Crippen molar-refractivity contribution >= 4 is 17.7 Å². The molecule has 0 aromatic carbocycles. The van der Waals surface area contributed by atoms with Crippen molar-refractivity contribution in [3.05, 3.63) is 18.1 Å². The number of hydrogen-bond donors (Lipinski definition) is 2. The lowest BCUT2D eigenvalue weighted by Gasteiger charge is -2.32. The third kappa shape index (κ3) is 3.01. The molecule has 2 fully saturated rings. The Morgan fingerprint density at radius 3 is 2.73 bits per heavy atom. The number of amides is 1. The number of aromatic nitrogens is 2. The van der Waals surface area contributed by atoms with Gasteiger partial charge < -0.3 is 20.2 Å². The molecule has 2 N–H and O–H groups in total. The molecule has 0 bridgehead atoms. The first-order chi connectivity index (χ1) is 10.6. The van der Waals surface area contributed by atoms with E-state index in [4.69, 9.17) is 5.11 Å². The molecule has 0 saturated carbocycles. The number of anilines is 1. The third-order valence-corrected chi connectivity index (χ3v) is 4.03. The van der Waals surface area contributed by atoms with E-state index in [9.17, 15) is 9.59 Å². The Kier molecular flexibility index (Phi) is 4.19. The largest absolute Gasteiger partial charge is 0.480 e. The first-order valence-corrected chi connectivity index (χ1v) is 7.47. The molecule has 1 aromatic rings. The Morgan fingerprint density at radius 2 is 2.00 bits per heavy atom. The van der Waals surface area contributed by atoms with E-state index in [1.807, 2.05) is 4.90 Å². The van der Waals surface area contributed by atoms with Crippen molar-refractivity contribution in [2.75, 3.05) is 37.6 Å². The van der Waals surface area contributed by atoms with Gasteiger partial charge in [-0.25, -0.2) is 4.98 Å². The van der Waals surface area contributed by atoms with Crippen molar-refractivity contribution in [3.63, 3.8) is 0 Å². The predicted molar refractivity (Wildman–Crippen MR) is 78.8 cm³/mol. The molecule has 0 unspecified atom stereocenters. The van der Waals surface area contributed by atoms with Crippen LogP contribution in [0.4, 0.5) is 5.82 Å². The Hall–Kier alpha value is -2.22. The summed E-state index contributed by atoms with van der Waals surface area (Å²) in [5.41, 5.74) is 0.324. The topological polar surface area (TPSA) is 98.7 Å². The molecular formula is C14H19N5O3. The number of carboxylic acids is 1. The van der Waals surface area contributed by atoms with E-state index in [2.05, 4.69) is 15.3 Å². The van der Waals surface area contributed by atoms with Gasteiger partial charge in [-0.05, 0) is 12.8 Å². The first-order valence-electron chi connectivity index (χ1n) is 7.47. The highest BCUT2D eigenvalue weighted by Gasteiger charge is 2.27. The number of nitrogens with zero attached hydrogens (tertiary/aromatic N) is 4. The van der Waals surface area contributed by atoms with Crippen molar-refractivity contribution < 1.29 is 14.7 Å². The maximum absolute atomic E-state index is 12.4. The summed E-state index contributed by atoms with van der Waals surface area (Å²) in [6.45, 7) is 3.03. The summed E-state index contributed by atoms with van der Waals surface area (Å²) in [4.78, 5) is 35.6. The van der Waals surface area contributed by atoms with Gasteiger partial charge in [0.25, 0.3) is 5.91 Å². The number of carbonyl (C=O) groups excluding carboxylic acids is 1. The lowest BCUT2D eigenvalue weighted by Crippen LogP contribution is -2.54. The van der Waals surface area contributed by atoms with Gasteiger partial charge in [-0.3, -0.25) is 14.6 Å². The zero-order valence-electron chi connectivity index (χ0n) is 12.2. The van der Waals surface area contributed by atoms with Crippen LogP contribution in [0, 0.1) is 0 Å². The average molecular weight is 305 g/mol. The van der Waals surface area contributed by atoms with Gasteiger partial charge in [0.05, 0.1) is 12.4 Å². The minimum atomic E-state index is -0.887. The molecule has 0 radical (unpaired) electrons. The maximum Gasteiger partial charge on any atom is 0.322 e. The maximum atomic E-state index is 12.4. The van der Waals surface area contributed by atoms with Gasteiger partial charge in [-0.1, -0.05) is 0 Å². The number of nitrogens with one attached hydrogen (secondary N) is 1. The third-order valence-electron chi connectivity index (χ3n) is 4.03. The molecule has 0 spiro atoms. The number of piperazine rings is 1. The molecule has 3 rings (SSSR count). The Bertz CT molecular complexity index is 573. The molecule has 0 aliphatic carbocycles. The summed E-state index contributed by atoms with van der Waals surface area (Å²) in [7, 11) is 0. The van der Waals surface area contributed by atoms with Gasteiger partial charge in [-0.15, -0.1) is 0 Å². The molecule has 3 heterocycles. The van der Waals surface area contributed by atoms with Crippen molar-refractivity contribution in [2.45, 2.75) is 18.9 Å². The zero-order chi connectivity index (χ0) is 15.5. The first kappa shape index (κ1) is 14.7. The number of carboxylic acid groups (broad SMARTS) is 1. The molecule has 1 amide bonds. The van der Waals surface area contributed by atoms with Crippen LogP contribution in [0.25, 0.3) is 0 Å². The Labute approximate surface area is 128 Å². The highest BCUT2D eigenvalue weighted by molar-refractivity contribution is 5.92. The monoisotopic (exact) mass is 305 g/mol. The molecule has 8 nitrogen and oxygen atoms in total. The summed E-state index contributed by atoms with van der Waals surface area (Å²) < 4.78 is 0. The van der Waals surface area contributed by atoms with E-state index in [1.165, 1.54) is 6.20 Å². The molecule has 8 heteroatoms. The van der Waals surface area contributed by atoms with Crippen LogP contribution in [0.1, 0.15) is 23.3 Å².